The average Bonchev–Trinajstić information content (AvgIpc) is 3.08. The fraction of sp³-hybridized carbons (Fsp3) is 0.476. The summed E-state index contributed by atoms with van der Waals surface area (Å²) in [5, 5.41) is 0. The first-order chi connectivity index (χ1) is 13.5. The van der Waals surface area contributed by atoms with Crippen molar-refractivity contribution >= 4 is 22.8 Å². The molecule has 2 aliphatic rings. The molecule has 0 bridgehead atoms. The Morgan fingerprint density at radius 3 is 2.57 bits per heavy atom. The molecule has 28 heavy (non-hydrogen) atoms. The van der Waals surface area contributed by atoms with Crippen molar-refractivity contribution in [2.75, 3.05) is 23.7 Å². The van der Waals surface area contributed by atoms with Gasteiger partial charge in [0, 0.05) is 37.0 Å². The summed E-state index contributed by atoms with van der Waals surface area (Å²) in [6.45, 7) is 4.00. The number of nitrogens with zero attached hydrogens (tertiary/aromatic N) is 4. The molecule has 1 aliphatic carbocycles. The van der Waals surface area contributed by atoms with Gasteiger partial charge in [0.15, 0.2) is 0 Å². The van der Waals surface area contributed by atoms with Crippen LogP contribution in [0.5, 0.6) is 0 Å². The van der Waals surface area contributed by atoms with Crippen LogP contribution in [0.25, 0.3) is 11.0 Å². The molecule has 1 saturated carbocycles. The number of piperidine rings is 1. The van der Waals surface area contributed by atoms with Gasteiger partial charge in [-0.1, -0.05) is 6.07 Å². The number of nitrogen functional groups attached to an aromatic ring is 1. The van der Waals surface area contributed by atoms with Gasteiger partial charge in [-0.15, -0.1) is 0 Å². The van der Waals surface area contributed by atoms with Crippen LogP contribution in [0.1, 0.15) is 54.6 Å². The van der Waals surface area contributed by atoms with E-state index >= 15 is 0 Å². The number of anilines is 2. The van der Waals surface area contributed by atoms with E-state index in [2.05, 4.69) is 51.0 Å². The lowest BCUT2D eigenvalue weighted by Crippen LogP contribution is -2.36. The number of hydrogen-bond donors (Lipinski definition) is 3. The van der Waals surface area contributed by atoms with Crippen molar-refractivity contribution in [1.82, 2.24) is 19.9 Å². The maximum absolute atomic E-state index is 6.00. The molecule has 5 N–H and O–H groups in total. The number of hydrogen-bond acceptors (Lipinski definition) is 6. The summed E-state index contributed by atoms with van der Waals surface area (Å²) < 4.78 is 0. The van der Waals surface area contributed by atoms with Gasteiger partial charge in [0.05, 0.1) is 16.7 Å². The Morgan fingerprint density at radius 1 is 1.04 bits per heavy atom. The number of aromatic amines is 1. The molecule has 0 unspecified atom stereocenters. The minimum absolute atomic E-state index is 0.299. The molecule has 146 valence electrons. The highest BCUT2D eigenvalue weighted by Crippen LogP contribution is 2.37. The minimum atomic E-state index is 0.299. The first-order valence-corrected chi connectivity index (χ1v) is 10.2. The molecule has 0 radical (unpaired) electrons. The Bertz CT molecular complexity index is 997. The summed E-state index contributed by atoms with van der Waals surface area (Å²) in [7, 11) is 0. The molecule has 1 saturated heterocycles. The molecule has 3 aromatic rings. The van der Waals surface area contributed by atoms with Crippen molar-refractivity contribution in [3.63, 3.8) is 0 Å². The standard InChI is InChI=1S/C21H27N7/c1-12-2-3-16-18(8-12)25-20(24-16)13-4-6-28(7-5-13)19-11-17(26-21(23)27-19)14-9-15(22)10-14/h2-3,8,11,13-15H,4-7,9-10,22H2,1H3,(H,24,25)(H2,23,26,27). The highest BCUT2D eigenvalue weighted by Gasteiger charge is 2.30. The van der Waals surface area contributed by atoms with Crippen molar-refractivity contribution in [2.24, 2.45) is 5.73 Å². The van der Waals surface area contributed by atoms with Crippen LogP contribution in [0.2, 0.25) is 0 Å². The van der Waals surface area contributed by atoms with Crippen LogP contribution in [0, 0.1) is 6.92 Å². The molecule has 2 aromatic heterocycles. The Kier molecular flexibility index (Phi) is 4.19. The zero-order valence-electron chi connectivity index (χ0n) is 16.2. The molecule has 1 aromatic carbocycles. The zero-order chi connectivity index (χ0) is 19.3. The van der Waals surface area contributed by atoms with Gasteiger partial charge in [0.25, 0.3) is 0 Å². The van der Waals surface area contributed by atoms with Crippen LogP contribution in [0.15, 0.2) is 24.3 Å². The Morgan fingerprint density at radius 2 is 1.82 bits per heavy atom. The van der Waals surface area contributed by atoms with E-state index in [0.29, 0.717) is 23.8 Å². The molecule has 7 heteroatoms. The maximum Gasteiger partial charge on any atom is 0.222 e. The molecule has 1 aliphatic heterocycles. The summed E-state index contributed by atoms with van der Waals surface area (Å²) >= 11 is 0. The van der Waals surface area contributed by atoms with Crippen molar-refractivity contribution in [3.8, 4) is 0 Å². The van der Waals surface area contributed by atoms with Crippen LogP contribution in [0.3, 0.4) is 0 Å². The van der Waals surface area contributed by atoms with E-state index in [4.69, 9.17) is 16.5 Å². The molecular weight excluding hydrogens is 350 g/mol. The number of benzene rings is 1. The van der Waals surface area contributed by atoms with Crippen molar-refractivity contribution in [2.45, 2.75) is 50.5 Å². The lowest BCUT2D eigenvalue weighted by atomic mass is 9.78. The van der Waals surface area contributed by atoms with Gasteiger partial charge in [-0.3, -0.25) is 0 Å². The second-order valence-electron chi connectivity index (χ2n) is 8.34. The van der Waals surface area contributed by atoms with Gasteiger partial charge < -0.3 is 21.4 Å². The highest BCUT2D eigenvalue weighted by molar-refractivity contribution is 5.75. The molecule has 3 heterocycles. The fourth-order valence-electron chi connectivity index (χ4n) is 4.46. The minimum Gasteiger partial charge on any atom is -0.368 e. The number of aromatic nitrogens is 4. The summed E-state index contributed by atoms with van der Waals surface area (Å²) in [4.78, 5) is 19.6. The zero-order valence-corrected chi connectivity index (χ0v) is 16.2. The number of H-pyrrole nitrogens is 1. The predicted molar refractivity (Wildman–Crippen MR) is 111 cm³/mol. The van der Waals surface area contributed by atoms with Gasteiger partial charge in [-0.05, 0) is 50.3 Å². The average molecular weight is 377 g/mol. The Labute approximate surface area is 164 Å². The lowest BCUT2D eigenvalue weighted by molar-refractivity contribution is 0.345. The van der Waals surface area contributed by atoms with E-state index in [0.717, 1.165) is 67.1 Å². The summed E-state index contributed by atoms with van der Waals surface area (Å²) in [6.07, 6.45) is 4.08. The van der Waals surface area contributed by atoms with Crippen LogP contribution in [-0.4, -0.2) is 39.1 Å². The molecule has 2 fully saturated rings. The van der Waals surface area contributed by atoms with Gasteiger partial charge in [0.1, 0.15) is 11.6 Å². The third kappa shape index (κ3) is 3.20. The smallest absolute Gasteiger partial charge is 0.222 e. The predicted octanol–water partition coefficient (Wildman–Crippen LogP) is 2.83. The van der Waals surface area contributed by atoms with Crippen LogP contribution >= 0.6 is 0 Å². The molecular formula is C21H27N7. The summed E-state index contributed by atoms with van der Waals surface area (Å²) in [5.74, 6) is 3.29. The molecule has 0 amide bonds. The second-order valence-corrected chi connectivity index (χ2v) is 8.34. The monoisotopic (exact) mass is 377 g/mol. The van der Waals surface area contributed by atoms with E-state index in [9.17, 15) is 0 Å². The number of rotatable bonds is 3. The number of fused-ring (bicyclic) bond motifs is 1. The van der Waals surface area contributed by atoms with Crippen LogP contribution in [-0.2, 0) is 0 Å². The maximum atomic E-state index is 6.00. The van der Waals surface area contributed by atoms with E-state index in [1.54, 1.807) is 0 Å². The van der Waals surface area contributed by atoms with Crippen molar-refractivity contribution in [3.05, 3.63) is 41.3 Å². The van der Waals surface area contributed by atoms with Crippen LogP contribution < -0.4 is 16.4 Å². The fourth-order valence-corrected chi connectivity index (χ4v) is 4.46. The number of imidazole rings is 1. The first-order valence-electron chi connectivity index (χ1n) is 10.2. The largest absolute Gasteiger partial charge is 0.368 e. The van der Waals surface area contributed by atoms with Gasteiger partial charge in [-0.25, -0.2) is 9.97 Å². The molecule has 0 spiro atoms. The van der Waals surface area contributed by atoms with E-state index in [1.807, 2.05) is 0 Å². The quantitative estimate of drug-likeness (QED) is 0.647. The molecule has 5 rings (SSSR count). The normalized spacial score (nSPS) is 23.1. The summed E-state index contributed by atoms with van der Waals surface area (Å²) in [6, 6.07) is 8.78. The Hall–Kier alpha value is -2.67. The Balaban J connectivity index is 1.30. The van der Waals surface area contributed by atoms with Gasteiger partial charge in [0.2, 0.25) is 5.95 Å². The van der Waals surface area contributed by atoms with Gasteiger partial charge >= 0.3 is 0 Å². The van der Waals surface area contributed by atoms with Crippen LogP contribution in [0.4, 0.5) is 11.8 Å². The highest BCUT2D eigenvalue weighted by atomic mass is 15.2. The van der Waals surface area contributed by atoms with E-state index < -0.39 is 0 Å². The first kappa shape index (κ1) is 17.4. The number of aryl methyl sites for hydroxylation is 1. The molecule has 7 nitrogen and oxygen atoms in total. The third-order valence-electron chi connectivity index (χ3n) is 6.20. The van der Waals surface area contributed by atoms with E-state index in [-0.39, 0.29) is 0 Å². The molecule has 0 atom stereocenters. The summed E-state index contributed by atoms with van der Waals surface area (Å²) in [5.41, 5.74) is 16.4. The van der Waals surface area contributed by atoms with E-state index in [1.165, 1.54) is 5.56 Å². The topological polar surface area (TPSA) is 110 Å². The number of nitrogens with two attached hydrogens (primary N) is 2. The second kappa shape index (κ2) is 6.74. The van der Waals surface area contributed by atoms with Crippen molar-refractivity contribution in [1.29, 1.82) is 0 Å². The number of nitrogens with one attached hydrogen (secondary N) is 1. The van der Waals surface area contributed by atoms with Gasteiger partial charge in [-0.2, -0.15) is 4.98 Å². The third-order valence-corrected chi connectivity index (χ3v) is 6.20. The SMILES string of the molecule is Cc1ccc2nc(C3CCN(c4cc(C5CC(N)C5)nc(N)n4)CC3)[nH]c2c1. The van der Waals surface area contributed by atoms with Crippen molar-refractivity contribution < 1.29 is 0 Å². The lowest BCUT2D eigenvalue weighted by Gasteiger charge is -2.34.